The lowest BCUT2D eigenvalue weighted by molar-refractivity contribution is -0.570. The highest BCUT2D eigenvalue weighted by molar-refractivity contribution is 5.99. The van der Waals surface area contributed by atoms with Gasteiger partial charge in [-0.25, -0.2) is 0 Å². The van der Waals surface area contributed by atoms with Crippen LogP contribution in [0.25, 0.3) is 0 Å². The van der Waals surface area contributed by atoms with Gasteiger partial charge in [0.15, 0.2) is 5.78 Å². The van der Waals surface area contributed by atoms with E-state index in [1.165, 1.54) is 7.11 Å². The van der Waals surface area contributed by atoms with Crippen molar-refractivity contribution < 1.29 is 19.2 Å². The fraction of sp³-hybridized carbons (Fsp3) is 0.471. The Morgan fingerprint density at radius 3 is 2.65 bits per heavy atom. The Hall–Kier alpha value is -2.37. The van der Waals surface area contributed by atoms with Crippen molar-refractivity contribution in [3.8, 4) is 5.75 Å². The fourth-order valence-corrected chi connectivity index (χ4v) is 3.48. The molecule has 2 aliphatic rings. The lowest BCUT2D eigenvalue weighted by Crippen LogP contribution is -2.29. The number of carbonyl (C=O) groups is 1. The molecule has 0 radical (unpaired) electrons. The molecule has 6 heteroatoms. The predicted octanol–water partition coefficient (Wildman–Crippen LogP) is 3.06. The van der Waals surface area contributed by atoms with E-state index in [1.54, 1.807) is 24.3 Å². The highest BCUT2D eigenvalue weighted by Gasteiger charge is 2.52. The van der Waals surface area contributed by atoms with Gasteiger partial charge in [-0.3, -0.25) is 14.9 Å². The minimum absolute atomic E-state index is 0.0727. The van der Waals surface area contributed by atoms with Crippen molar-refractivity contribution in [3.63, 3.8) is 0 Å². The van der Waals surface area contributed by atoms with Gasteiger partial charge in [-0.15, -0.1) is 0 Å². The van der Waals surface area contributed by atoms with Crippen LogP contribution in [-0.2, 0) is 9.53 Å². The number of allylic oxidation sites excluding steroid dienone is 1. The van der Waals surface area contributed by atoms with E-state index in [4.69, 9.17) is 9.47 Å². The monoisotopic (exact) mass is 317 g/mol. The Balaban J connectivity index is 2.13. The second kappa shape index (κ2) is 5.37. The summed E-state index contributed by atoms with van der Waals surface area (Å²) in [7, 11) is 1.51. The van der Waals surface area contributed by atoms with Crippen LogP contribution in [-0.4, -0.2) is 24.0 Å². The van der Waals surface area contributed by atoms with Crippen LogP contribution in [0, 0.1) is 15.5 Å². The molecule has 0 bridgehead atoms. The maximum Gasteiger partial charge on any atom is 0.364 e. The molecule has 1 heterocycles. The molecule has 0 fully saturated rings. The third kappa shape index (κ3) is 2.58. The Morgan fingerprint density at radius 2 is 2.00 bits per heavy atom. The van der Waals surface area contributed by atoms with E-state index in [9.17, 15) is 14.9 Å². The molecule has 0 N–H and O–H groups in total. The number of para-hydroxylation sites is 1. The number of hydrogen-bond acceptors (Lipinski definition) is 5. The normalized spacial score (nSPS) is 25.8. The van der Waals surface area contributed by atoms with Crippen molar-refractivity contribution in [2.24, 2.45) is 5.41 Å². The van der Waals surface area contributed by atoms with Gasteiger partial charge in [0.25, 0.3) is 0 Å². The third-order valence-corrected chi connectivity index (χ3v) is 4.42. The van der Waals surface area contributed by atoms with Gasteiger partial charge in [-0.1, -0.05) is 32.0 Å². The zero-order valence-electron chi connectivity index (χ0n) is 13.4. The van der Waals surface area contributed by atoms with Crippen LogP contribution in [0.5, 0.6) is 5.75 Å². The number of rotatable bonds is 3. The number of hydrogen-bond donors (Lipinski definition) is 0. The Labute approximate surface area is 134 Å². The summed E-state index contributed by atoms with van der Waals surface area (Å²) in [5.41, 5.74) is 0.817. The van der Waals surface area contributed by atoms with Crippen LogP contribution in [0.4, 0.5) is 0 Å². The van der Waals surface area contributed by atoms with Crippen LogP contribution < -0.4 is 4.74 Å². The molecule has 3 rings (SSSR count). The van der Waals surface area contributed by atoms with Gasteiger partial charge in [0, 0.05) is 18.4 Å². The van der Waals surface area contributed by atoms with Crippen LogP contribution >= 0.6 is 0 Å². The van der Waals surface area contributed by atoms with Crippen molar-refractivity contribution in [2.45, 2.75) is 38.8 Å². The summed E-state index contributed by atoms with van der Waals surface area (Å²) in [4.78, 5) is 23.7. The van der Waals surface area contributed by atoms with Gasteiger partial charge in [0.1, 0.15) is 17.4 Å². The lowest BCUT2D eigenvalue weighted by Gasteiger charge is -2.28. The molecule has 0 spiro atoms. The van der Waals surface area contributed by atoms with E-state index < -0.39 is 17.1 Å². The van der Waals surface area contributed by atoms with Gasteiger partial charge < -0.3 is 9.47 Å². The molecule has 0 amide bonds. The number of ketones is 1. The third-order valence-electron chi connectivity index (χ3n) is 4.42. The SMILES string of the molecule is COc1ccccc1[C@@H]1C2=C(CC(C)(C)CC2=O)O[C@H]1[N+](=O)[O-]. The number of methoxy groups -OCH3 is 1. The van der Waals surface area contributed by atoms with Crippen molar-refractivity contribution in [3.05, 3.63) is 51.3 Å². The fourth-order valence-electron chi connectivity index (χ4n) is 3.48. The molecule has 6 nitrogen and oxygen atoms in total. The average Bonchev–Trinajstić information content (AvgIpc) is 2.85. The molecule has 23 heavy (non-hydrogen) atoms. The van der Waals surface area contributed by atoms with Crippen molar-refractivity contribution in [2.75, 3.05) is 7.11 Å². The van der Waals surface area contributed by atoms with Gasteiger partial charge in [0.2, 0.25) is 0 Å². The zero-order valence-corrected chi connectivity index (χ0v) is 13.4. The Bertz CT molecular complexity index is 707. The zero-order chi connectivity index (χ0) is 16.8. The average molecular weight is 317 g/mol. The Kier molecular flexibility index (Phi) is 3.62. The van der Waals surface area contributed by atoms with E-state index in [1.807, 2.05) is 13.8 Å². The maximum atomic E-state index is 12.6. The minimum atomic E-state index is -1.28. The molecule has 122 valence electrons. The second-order valence-corrected chi connectivity index (χ2v) is 6.79. The number of nitrogens with zero attached hydrogens (tertiary/aromatic N) is 1. The van der Waals surface area contributed by atoms with Crippen molar-refractivity contribution in [1.82, 2.24) is 0 Å². The van der Waals surface area contributed by atoms with E-state index in [0.29, 0.717) is 35.5 Å². The first-order chi connectivity index (χ1) is 10.8. The summed E-state index contributed by atoms with van der Waals surface area (Å²) < 4.78 is 10.9. The van der Waals surface area contributed by atoms with Gasteiger partial charge >= 0.3 is 6.23 Å². The molecule has 2 atom stereocenters. The first kappa shape index (κ1) is 15.5. The smallest absolute Gasteiger partial charge is 0.364 e. The predicted molar refractivity (Wildman–Crippen MR) is 82.7 cm³/mol. The summed E-state index contributed by atoms with van der Waals surface area (Å²) in [6.45, 7) is 3.94. The number of benzene rings is 1. The van der Waals surface area contributed by atoms with Crippen molar-refractivity contribution >= 4 is 5.78 Å². The number of Topliss-reactive ketones (excluding diaryl/α,β-unsaturated/α-hetero) is 1. The highest BCUT2D eigenvalue weighted by atomic mass is 16.7. The maximum absolute atomic E-state index is 12.6. The highest BCUT2D eigenvalue weighted by Crippen LogP contribution is 2.50. The first-order valence-electron chi connectivity index (χ1n) is 7.53. The second-order valence-electron chi connectivity index (χ2n) is 6.79. The molecule has 0 aromatic heterocycles. The standard InChI is InChI=1S/C17H19NO5/c1-17(2)8-11(19)15-13(9-17)23-16(18(20)21)14(15)10-6-4-5-7-12(10)22-3/h4-7,14,16H,8-9H2,1-3H3/t14-,16-/m1/s1. The summed E-state index contributed by atoms with van der Waals surface area (Å²) in [5.74, 6) is 0.194. The summed E-state index contributed by atoms with van der Waals surface area (Å²) in [6, 6.07) is 7.07. The lowest BCUT2D eigenvalue weighted by atomic mass is 9.73. The van der Waals surface area contributed by atoms with Crippen LogP contribution in [0.3, 0.4) is 0 Å². The van der Waals surface area contributed by atoms with Gasteiger partial charge in [-0.05, 0) is 11.5 Å². The quantitative estimate of drug-likeness (QED) is 0.632. The molecule has 0 saturated carbocycles. The topological polar surface area (TPSA) is 78.7 Å². The molecule has 1 aromatic rings. The summed E-state index contributed by atoms with van der Waals surface area (Å²) >= 11 is 0. The van der Waals surface area contributed by atoms with Gasteiger partial charge in [-0.2, -0.15) is 0 Å². The summed E-state index contributed by atoms with van der Waals surface area (Å²) in [5, 5.41) is 11.5. The van der Waals surface area contributed by atoms with E-state index >= 15 is 0 Å². The molecule has 0 saturated heterocycles. The molecular weight excluding hydrogens is 298 g/mol. The Morgan fingerprint density at radius 1 is 1.30 bits per heavy atom. The van der Waals surface area contributed by atoms with E-state index in [0.717, 1.165) is 0 Å². The van der Waals surface area contributed by atoms with Crippen LogP contribution in [0.1, 0.15) is 38.2 Å². The van der Waals surface area contributed by atoms with Gasteiger partial charge in [0.05, 0.1) is 17.6 Å². The van der Waals surface area contributed by atoms with Crippen molar-refractivity contribution in [1.29, 1.82) is 0 Å². The number of nitro groups is 1. The summed E-state index contributed by atoms with van der Waals surface area (Å²) in [6.07, 6.45) is -0.385. The number of carbonyl (C=O) groups excluding carboxylic acids is 1. The molecule has 1 aliphatic heterocycles. The largest absolute Gasteiger partial charge is 0.496 e. The number of ether oxygens (including phenoxy) is 2. The van der Waals surface area contributed by atoms with Crippen LogP contribution in [0.2, 0.25) is 0 Å². The van der Waals surface area contributed by atoms with E-state index in [2.05, 4.69) is 0 Å². The molecular formula is C17H19NO5. The minimum Gasteiger partial charge on any atom is -0.496 e. The molecule has 1 aromatic carbocycles. The first-order valence-corrected chi connectivity index (χ1v) is 7.53. The molecule has 1 aliphatic carbocycles. The van der Waals surface area contributed by atoms with Crippen LogP contribution in [0.15, 0.2) is 35.6 Å². The van der Waals surface area contributed by atoms with E-state index in [-0.39, 0.29) is 11.2 Å². The molecule has 0 unspecified atom stereocenters.